The smallest absolute Gasteiger partial charge is 0.146 e. The van der Waals surface area contributed by atoms with Gasteiger partial charge in [0.2, 0.25) is 0 Å². The van der Waals surface area contributed by atoms with Gasteiger partial charge >= 0.3 is 0 Å². The van der Waals surface area contributed by atoms with Crippen molar-refractivity contribution in [2.24, 2.45) is 0 Å². The fourth-order valence-corrected chi connectivity index (χ4v) is 1.62. The summed E-state index contributed by atoms with van der Waals surface area (Å²) in [5.41, 5.74) is 3.08. The third-order valence-corrected chi connectivity index (χ3v) is 2.39. The van der Waals surface area contributed by atoms with Crippen LogP contribution < -0.4 is 0 Å². The molecule has 0 bridgehead atoms. The predicted molar refractivity (Wildman–Crippen MR) is 45.7 cm³/mol. The van der Waals surface area contributed by atoms with Gasteiger partial charge in [0.25, 0.3) is 0 Å². The molecule has 0 atom stereocenters. The van der Waals surface area contributed by atoms with Crippen LogP contribution in [0.1, 0.15) is 24.7 Å². The number of aryl methyl sites for hydroxylation is 1. The SMILES string of the molecule is CC1=C(C=O)CCc2occc21. The Labute approximate surface area is 70.9 Å². The first-order chi connectivity index (χ1) is 5.83. The van der Waals surface area contributed by atoms with Crippen LogP contribution in [0.25, 0.3) is 5.57 Å². The fourth-order valence-electron chi connectivity index (χ4n) is 1.62. The molecule has 0 amide bonds. The lowest BCUT2D eigenvalue weighted by atomic mass is 9.92. The Bertz CT molecular complexity index is 344. The van der Waals surface area contributed by atoms with E-state index in [-0.39, 0.29) is 0 Å². The van der Waals surface area contributed by atoms with Crippen LogP contribution in [0.3, 0.4) is 0 Å². The topological polar surface area (TPSA) is 30.2 Å². The van der Waals surface area contributed by atoms with E-state index >= 15 is 0 Å². The number of carbonyl (C=O) groups excluding carboxylic acids is 1. The summed E-state index contributed by atoms with van der Waals surface area (Å²) in [6.07, 6.45) is 4.30. The maximum atomic E-state index is 10.6. The minimum atomic E-state index is 0.815. The van der Waals surface area contributed by atoms with Gasteiger partial charge in [0.15, 0.2) is 0 Å². The first-order valence-corrected chi connectivity index (χ1v) is 4.04. The second kappa shape index (κ2) is 2.63. The van der Waals surface area contributed by atoms with E-state index in [9.17, 15) is 4.79 Å². The van der Waals surface area contributed by atoms with Crippen LogP contribution in [0.2, 0.25) is 0 Å². The molecule has 62 valence electrons. The summed E-state index contributed by atoms with van der Waals surface area (Å²) in [4.78, 5) is 10.6. The standard InChI is InChI=1S/C10H10O2/c1-7-8(6-11)2-3-10-9(7)4-5-12-10/h4-6H,2-3H2,1H3. The Morgan fingerprint density at radius 1 is 1.50 bits per heavy atom. The van der Waals surface area contributed by atoms with Gasteiger partial charge in [-0.2, -0.15) is 0 Å². The minimum Gasteiger partial charge on any atom is -0.469 e. The second-order valence-electron chi connectivity index (χ2n) is 3.03. The van der Waals surface area contributed by atoms with Crippen molar-refractivity contribution in [3.8, 4) is 0 Å². The zero-order chi connectivity index (χ0) is 8.55. The summed E-state index contributed by atoms with van der Waals surface area (Å²) < 4.78 is 5.27. The van der Waals surface area contributed by atoms with E-state index in [1.54, 1.807) is 6.26 Å². The second-order valence-corrected chi connectivity index (χ2v) is 3.03. The normalized spacial score (nSPS) is 16.1. The first-order valence-electron chi connectivity index (χ1n) is 4.04. The van der Waals surface area contributed by atoms with Crippen molar-refractivity contribution in [3.05, 3.63) is 29.2 Å². The van der Waals surface area contributed by atoms with E-state index in [0.29, 0.717) is 0 Å². The summed E-state index contributed by atoms with van der Waals surface area (Å²) in [5.74, 6) is 1.01. The van der Waals surface area contributed by atoms with Gasteiger partial charge in [0.05, 0.1) is 6.26 Å². The lowest BCUT2D eigenvalue weighted by molar-refractivity contribution is -0.105. The van der Waals surface area contributed by atoms with Gasteiger partial charge in [-0.25, -0.2) is 0 Å². The Kier molecular flexibility index (Phi) is 1.61. The molecule has 0 aromatic carbocycles. The summed E-state index contributed by atoms with van der Waals surface area (Å²) in [5, 5.41) is 0. The maximum Gasteiger partial charge on any atom is 0.146 e. The molecule has 0 spiro atoms. The number of rotatable bonds is 1. The number of hydrogen-bond donors (Lipinski definition) is 0. The van der Waals surface area contributed by atoms with Crippen LogP contribution >= 0.6 is 0 Å². The van der Waals surface area contributed by atoms with Crippen molar-refractivity contribution >= 4 is 11.9 Å². The van der Waals surface area contributed by atoms with Crippen molar-refractivity contribution in [1.82, 2.24) is 0 Å². The molecular formula is C10H10O2. The van der Waals surface area contributed by atoms with E-state index < -0.39 is 0 Å². The highest BCUT2D eigenvalue weighted by Crippen LogP contribution is 2.30. The molecule has 1 aliphatic rings. The van der Waals surface area contributed by atoms with Crippen molar-refractivity contribution in [2.45, 2.75) is 19.8 Å². The van der Waals surface area contributed by atoms with E-state index in [0.717, 1.165) is 41.6 Å². The Hall–Kier alpha value is -1.31. The number of fused-ring (bicyclic) bond motifs is 1. The van der Waals surface area contributed by atoms with Crippen molar-refractivity contribution in [1.29, 1.82) is 0 Å². The molecule has 2 heteroatoms. The van der Waals surface area contributed by atoms with Crippen LogP contribution in [-0.2, 0) is 11.2 Å². The molecule has 12 heavy (non-hydrogen) atoms. The molecule has 1 aliphatic carbocycles. The van der Waals surface area contributed by atoms with Gasteiger partial charge < -0.3 is 4.42 Å². The summed E-state index contributed by atoms with van der Waals surface area (Å²) in [6, 6.07) is 1.92. The third kappa shape index (κ3) is 0.916. The average Bonchev–Trinajstić information content (AvgIpc) is 2.53. The molecule has 2 rings (SSSR count). The van der Waals surface area contributed by atoms with Gasteiger partial charge in [-0.05, 0) is 30.6 Å². The molecule has 0 saturated carbocycles. The zero-order valence-electron chi connectivity index (χ0n) is 6.96. The van der Waals surface area contributed by atoms with Crippen LogP contribution in [-0.4, -0.2) is 6.29 Å². The fraction of sp³-hybridized carbons (Fsp3) is 0.300. The molecule has 2 nitrogen and oxygen atoms in total. The average molecular weight is 162 g/mol. The predicted octanol–water partition coefficient (Wildman–Crippen LogP) is 2.20. The highest BCUT2D eigenvalue weighted by atomic mass is 16.3. The lowest BCUT2D eigenvalue weighted by Crippen LogP contribution is -2.01. The molecule has 0 radical (unpaired) electrons. The van der Waals surface area contributed by atoms with Crippen LogP contribution in [0.15, 0.2) is 22.3 Å². The molecule has 1 aromatic heterocycles. The van der Waals surface area contributed by atoms with Gasteiger partial charge in [0.1, 0.15) is 12.0 Å². The third-order valence-electron chi connectivity index (χ3n) is 2.39. The summed E-state index contributed by atoms with van der Waals surface area (Å²) in [6.45, 7) is 1.97. The maximum absolute atomic E-state index is 10.6. The van der Waals surface area contributed by atoms with Gasteiger partial charge in [-0.1, -0.05) is 0 Å². The highest BCUT2D eigenvalue weighted by Gasteiger charge is 2.17. The first kappa shape index (κ1) is 7.35. The Morgan fingerprint density at radius 2 is 2.33 bits per heavy atom. The molecule has 0 fully saturated rings. The highest BCUT2D eigenvalue weighted by molar-refractivity contribution is 5.89. The van der Waals surface area contributed by atoms with Crippen LogP contribution in [0.4, 0.5) is 0 Å². The van der Waals surface area contributed by atoms with E-state index in [1.165, 1.54) is 0 Å². The summed E-state index contributed by atoms with van der Waals surface area (Å²) >= 11 is 0. The number of allylic oxidation sites excluding steroid dienone is 2. The van der Waals surface area contributed by atoms with E-state index in [4.69, 9.17) is 4.42 Å². The Balaban J connectivity index is 2.56. The quantitative estimate of drug-likeness (QED) is 0.592. The van der Waals surface area contributed by atoms with Gasteiger partial charge in [-0.15, -0.1) is 0 Å². The number of carbonyl (C=O) groups is 1. The largest absolute Gasteiger partial charge is 0.469 e. The van der Waals surface area contributed by atoms with Crippen molar-refractivity contribution < 1.29 is 9.21 Å². The number of aldehydes is 1. The van der Waals surface area contributed by atoms with E-state index in [2.05, 4.69) is 0 Å². The van der Waals surface area contributed by atoms with Gasteiger partial charge in [-0.3, -0.25) is 4.79 Å². The molecule has 0 unspecified atom stereocenters. The molecule has 0 saturated heterocycles. The van der Waals surface area contributed by atoms with Crippen LogP contribution in [0, 0.1) is 0 Å². The molecule has 0 N–H and O–H groups in total. The zero-order valence-corrected chi connectivity index (χ0v) is 6.96. The Morgan fingerprint density at radius 3 is 3.08 bits per heavy atom. The minimum absolute atomic E-state index is 0.815. The molecular weight excluding hydrogens is 152 g/mol. The van der Waals surface area contributed by atoms with Crippen molar-refractivity contribution in [2.75, 3.05) is 0 Å². The number of furan rings is 1. The van der Waals surface area contributed by atoms with Crippen LogP contribution in [0.5, 0.6) is 0 Å². The lowest BCUT2D eigenvalue weighted by Gasteiger charge is -2.12. The number of hydrogen-bond acceptors (Lipinski definition) is 2. The summed E-state index contributed by atoms with van der Waals surface area (Å²) in [7, 11) is 0. The molecule has 0 aliphatic heterocycles. The monoisotopic (exact) mass is 162 g/mol. The van der Waals surface area contributed by atoms with E-state index in [1.807, 2.05) is 13.0 Å². The molecule has 1 aromatic rings. The molecule has 1 heterocycles. The van der Waals surface area contributed by atoms with Gasteiger partial charge in [0, 0.05) is 12.0 Å². The van der Waals surface area contributed by atoms with Crippen molar-refractivity contribution in [3.63, 3.8) is 0 Å².